The van der Waals surface area contributed by atoms with E-state index in [-0.39, 0.29) is 25.0 Å². The maximum atomic E-state index is 8.83. The predicted octanol–water partition coefficient (Wildman–Crippen LogP) is -0.376. The largest absolute Gasteiger partial charge is 0.396 e. The van der Waals surface area contributed by atoms with Gasteiger partial charge in [-0.1, -0.05) is 0 Å². The molecule has 1 heterocycles. The first kappa shape index (κ1) is 7.98. The van der Waals surface area contributed by atoms with E-state index in [2.05, 4.69) is 0 Å². The van der Waals surface area contributed by atoms with Gasteiger partial charge in [-0.15, -0.1) is 0 Å². The van der Waals surface area contributed by atoms with Gasteiger partial charge in [0.25, 0.3) is 0 Å². The van der Waals surface area contributed by atoms with Crippen molar-refractivity contribution in [1.82, 2.24) is 0 Å². The van der Waals surface area contributed by atoms with Gasteiger partial charge < -0.3 is 14.9 Å². The minimum absolute atomic E-state index is 0.130. The monoisotopic (exact) mass is 146 g/mol. The quantitative estimate of drug-likeness (QED) is 0.558. The molecule has 0 aromatic heterocycles. The molecule has 2 N–H and O–H groups in total. The van der Waals surface area contributed by atoms with Gasteiger partial charge in [-0.2, -0.15) is 0 Å². The van der Waals surface area contributed by atoms with E-state index >= 15 is 0 Å². The van der Waals surface area contributed by atoms with Crippen LogP contribution in [0.5, 0.6) is 0 Å². The van der Waals surface area contributed by atoms with Crippen LogP contribution in [-0.2, 0) is 4.74 Å². The van der Waals surface area contributed by atoms with Gasteiger partial charge in [0.1, 0.15) is 0 Å². The first-order valence-corrected chi connectivity index (χ1v) is 3.68. The molecule has 0 aromatic rings. The van der Waals surface area contributed by atoms with Crippen LogP contribution in [0.25, 0.3) is 0 Å². The average molecular weight is 146 g/mol. The lowest BCUT2D eigenvalue weighted by Gasteiger charge is -2.28. The van der Waals surface area contributed by atoms with Crippen LogP contribution in [0.1, 0.15) is 6.42 Å². The molecule has 0 radical (unpaired) electrons. The molecule has 1 fully saturated rings. The summed E-state index contributed by atoms with van der Waals surface area (Å²) >= 11 is 0. The van der Waals surface area contributed by atoms with Crippen molar-refractivity contribution in [2.75, 3.05) is 26.4 Å². The zero-order valence-electron chi connectivity index (χ0n) is 5.99. The first-order chi connectivity index (χ1) is 4.88. The fourth-order valence-electron chi connectivity index (χ4n) is 1.28. The standard InChI is InChI=1S/C7H14O3/c8-3-6-1-2-10-5-7(6)4-9/h6-9H,1-5H2. The number of ether oxygens (including phenoxy) is 1. The molecule has 3 nitrogen and oxygen atoms in total. The first-order valence-electron chi connectivity index (χ1n) is 3.68. The molecule has 1 saturated heterocycles. The lowest BCUT2D eigenvalue weighted by molar-refractivity contribution is -0.0243. The summed E-state index contributed by atoms with van der Waals surface area (Å²) in [6, 6.07) is 0. The van der Waals surface area contributed by atoms with Crippen molar-refractivity contribution in [3.8, 4) is 0 Å². The second-order valence-electron chi connectivity index (χ2n) is 2.75. The maximum Gasteiger partial charge on any atom is 0.0519 e. The summed E-state index contributed by atoms with van der Waals surface area (Å²) in [5.41, 5.74) is 0. The Morgan fingerprint density at radius 3 is 2.40 bits per heavy atom. The normalized spacial score (nSPS) is 34.2. The van der Waals surface area contributed by atoms with Crippen LogP contribution in [0.2, 0.25) is 0 Å². The van der Waals surface area contributed by atoms with Crippen molar-refractivity contribution in [3.05, 3.63) is 0 Å². The van der Waals surface area contributed by atoms with Gasteiger partial charge in [0.05, 0.1) is 6.61 Å². The van der Waals surface area contributed by atoms with E-state index < -0.39 is 0 Å². The number of aliphatic hydroxyl groups is 2. The van der Waals surface area contributed by atoms with Gasteiger partial charge >= 0.3 is 0 Å². The molecule has 0 spiro atoms. The Balaban J connectivity index is 2.34. The minimum atomic E-state index is 0.130. The zero-order valence-corrected chi connectivity index (χ0v) is 5.99. The molecule has 60 valence electrons. The summed E-state index contributed by atoms with van der Waals surface area (Å²) in [4.78, 5) is 0. The van der Waals surface area contributed by atoms with Gasteiger partial charge in [-0.25, -0.2) is 0 Å². The number of hydrogen-bond acceptors (Lipinski definition) is 3. The fraction of sp³-hybridized carbons (Fsp3) is 1.00. The molecule has 3 heteroatoms. The van der Waals surface area contributed by atoms with E-state index in [4.69, 9.17) is 14.9 Å². The van der Waals surface area contributed by atoms with Crippen molar-refractivity contribution < 1.29 is 14.9 Å². The average Bonchev–Trinajstić information content (AvgIpc) is 2.04. The lowest BCUT2D eigenvalue weighted by Crippen LogP contribution is -2.32. The molecular weight excluding hydrogens is 132 g/mol. The molecule has 0 aliphatic carbocycles. The van der Waals surface area contributed by atoms with Gasteiger partial charge in [-0.05, 0) is 12.3 Å². The SMILES string of the molecule is OCC1CCOCC1CO. The van der Waals surface area contributed by atoms with Gasteiger partial charge in [0, 0.05) is 25.7 Å². The van der Waals surface area contributed by atoms with Crippen molar-refractivity contribution in [2.45, 2.75) is 6.42 Å². The maximum absolute atomic E-state index is 8.83. The smallest absolute Gasteiger partial charge is 0.0519 e. The second-order valence-corrected chi connectivity index (χ2v) is 2.75. The molecule has 1 rings (SSSR count). The van der Waals surface area contributed by atoms with Gasteiger partial charge in [0.2, 0.25) is 0 Å². The van der Waals surface area contributed by atoms with Crippen LogP contribution in [0.15, 0.2) is 0 Å². The Morgan fingerprint density at radius 1 is 1.20 bits per heavy atom. The Morgan fingerprint density at radius 2 is 1.90 bits per heavy atom. The van der Waals surface area contributed by atoms with Crippen LogP contribution in [0, 0.1) is 11.8 Å². The van der Waals surface area contributed by atoms with Gasteiger partial charge in [0.15, 0.2) is 0 Å². The van der Waals surface area contributed by atoms with E-state index in [1.807, 2.05) is 0 Å². The third-order valence-electron chi connectivity index (χ3n) is 2.10. The molecule has 0 aromatic carbocycles. The summed E-state index contributed by atoms with van der Waals surface area (Å²) in [6.07, 6.45) is 0.877. The molecule has 0 amide bonds. The highest BCUT2D eigenvalue weighted by atomic mass is 16.5. The zero-order chi connectivity index (χ0) is 7.40. The summed E-state index contributed by atoms with van der Waals surface area (Å²) in [5, 5.41) is 17.6. The number of rotatable bonds is 2. The van der Waals surface area contributed by atoms with Crippen molar-refractivity contribution >= 4 is 0 Å². The molecule has 0 bridgehead atoms. The third kappa shape index (κ3) is 1.68. The van der Waals surface area contributed by atoms with Crippen LogP contribution in [-0.4, -0.2) is 36.6 Å². The van der Waals surface area contributed by atoms with Gasteiger partial charge in [-0.3, -0.25) is 0 Å². The molecule has 0 saturated carbocycles. The Hall–Kier alpha value is -0.120. The van der Waals surface area contributed by atoms with Crippen molar-refractivity contribution in [1.29, 1.82) is 0 Å². The van der Waals surface area contributed by atoms with Crippen molar-refractivity contribution in [2.24, 2.45) is 11.8 Å². The van der Waals surface area contributed by atoms with E-state index in [0.717, 1.165) is 13.0 Å². The fourth-order valence-corrected chi connectivity index (χ4v) is 1.28. The summed E-state index contributed by atoms with van der Waals surface area (Å²) in [7, 11) is 0. The van der Waals surface area contributed by atoms with Crippen LogP contribution < -0.4 is 0 Å². The summed E-state index contributed by atoms with van der Waals surface area (Å²) < 4.78 is 5.13. The van der Waals surface area contributed by atoms with Crippen LogP contribution in [0.4, 0.5) is 0 Å². The van der Waals surface area contributed by atoms with E-state index in [9.17, 15) is 0 Å². The highest BCUT2D eigenvalue weighted by Gasteiger charge is 2.23. The minimum Gasteiger partial charge on any atom is -0.396 e. The lowest BCUT2D eigenvalue weighted by atomic mass is 9.90. The Bertz CT molecular complexity index is 82.9. The van der Waals surface area contributed by atoms with E-state index in [1.165, 1.54) is 0 Å². The topological polar surface area (TPSA) is 49.7 Å². The summed E-state index contributed by atoms with van der Waals surface area (Å²) in [6.45, 7) is 1.63. The third-order valence-corrected chi connectivity index (χ3v) is 2.10. The predicted molar refractivity (Wildman–Crippen MR) is 36.6 cm³/mol. The summed E-state index contributed by atoms with van der Waals surface area (Å²) in [5.74, 6) is 0.400. The number of hydrogen-bond donors (Lipinski definition) is 2. The molecule has 2 atom stereocenters. The molecule has 1 aliphatic rings. The van der Waals surface area contributed by atoms with E-state index in [0.29, 0.717) is 6.61 Å². The molecule has 10 heavy (non-hydrogen) atoms. The highest BCUT2D eigenvalue weighted by Crippen LogP contribution is 2.20. The van der Waals surface area contributed by atoms with Crippen LogP contribution >= 0.6 is 0 Å². The van der Waals surface area contributed by atoms with E-state index in [1.54, 1.807) is 0 Å². The molecule has 1 aliphatic heterocycles. The molecule has 2 unspecified atom stereocenters. The Kier molecular flexibility index (Phi) is 3.12. The van der Waals surface area contributed by atoms with Crippen molar-refractivity contribution in [3.63, 3.8) is 0 Å². The highest BCUT2D eigenvalue weighted by molar-refractivity contribution is 4.71. The molecular formula is C7H14O3. The Labute approximate surface area is 60.6 Å². The van der Waals surface area contributed by atoms with Crippen LogP contribution in [0.3, 0.4) is 0 Å². The second kappa shape index (κ2) is 3.91. The number of aliphatic hydroxyl groups excluding tert-OH is 2.